The Bertz CT molecular complexity index is 422. The molecule has 0 unspecified atom stereocenters. The van der Waals surface area contributed by atoms with Crippen molar-refractivity contribution in [3.8, 4) is 5.75 Å². The summed E-state index contributed by atoms with van der Waals surface area (Å²) in [5.74, 6) is -0.371. The molecule has 5 heteroatoms. The van der Waals surface area contributed by atoms with Crippen molar-refractivity contribution in [3.63, 3.8) is 0 Å². The number of alkyl halides is 3. The summed E-state index contributed by atoms with van der Waals surface area (Å²) in [6, 6.07) is 3.04. The predicted octanol–water partition coefficient (Wildman–Crippen LogP) is 3.70. The highest BCUT2D eigenvalue weighted by Gasteiger charge is 2.31. The van der Waals surface area contributed by atoms with E-state index in [2.05, 4.69) is 0 Å². The standard InChI is InChI=1S/C12H13F3O2/c1-7(2)17-11-5-9(8(3)16)4-10(6-11)12(13,14)15/h4-7H,1-3H3. The molecule has 0 amide bonds. The molecule has 0 aliphatic carbocycles. The summed E-state index contributed by atoms with van der Waals surface area (Å²) in [7, 11) is 0. The van der Waals surface area contributed by atoms with Gasteiger partial charge in [0.1, 0.15) is 5.75 Å². The van der Waals surface area contributed by atoms with E-state index in [1.54, 1.807) is 13.8 Å². The Balaban J connectivity index is 3.24. The molecule has 1 aromatic rings. The van der Waals surface area contributed by atoms with E-state index in [0.717, 1.165) is 12.1 Å². The van der Waals surface area contributed by atoms with Gasteiger partial charge in [0.2, 0.25) is 0 Å². The fourth-order valence-corrected chi connectivity index (χ4v) is 1.31. The minimum atomic E-state index is -4.49. The van der Waals surface area contributed by atoms with Gasteiger partial charge in [0.25, 0.3) is 0 Å². The van der Waals surface area contributed by atoms with Gasteiger partial charge in [-0.1, -0.05) is 0 Å². The average molecular weight is 246 g/mol. The molecule has 0 saturated carbocycles. The van der Waals surface area contributed by atoms with Gasteiger partial charge in [-0.05, 0) is 39.0 Å². The molecule has 17 heavy (non-hydrogen) atoms. The molecule has 0 N–H and O–H groups in total. The third-order valence-corrected chi connectivity index (χ3v) is 2.01. The quantitative estimate of drug-likeness (QED) is 0.760. The van der Waals surface area contributed by atoms with Gasteiger partial charge in [-0.25, -0.2) is 0 Å². The molecular weight excluding hydrogens is 233 g/mol. The van der Waals surface area contributed by atoms with Crippen LogP contribution in [0.25, 0.3) is 0 Å². The van der Waals surface area contributed by atoms with E-state index in [1.807, 2.05) is 0 Å². The van der Waals surface area contributed by atoms with Crippen molar-refractivity contribution in [1.29, 1.82) is 0 Å². The van der Waals surface area contributed by atoms with Crippen LogP contribution in [0.2, 0.25) is 0 Å². The lowest BCUT2D eigenvalue weighted by atomic mass is 10.1. The molecule has 0 fully saturated rings. The summed E-state index contributed by atoms with van der Waals surface area (Å²) in [5.41, 5.74) is -0.878. The Morgan fingerprint density at radius 2 is 1.82 bits per heavy atom. The van der Waals surface area contributed by atoms with Crippen LogP contribution in [0, 0.1) is 0 Å². The highest BCUT2D eigenvalue weighted by atomic mass is 19.4. The molecule has 0 atom stereocenters. The van der Waals surface area contributed by atoms with Crippen LogP contribution in [-0.2, 0) is 6.18 Å². The topological polar surface area (TPSA) is 26.3 Å². The van der Waals surface area contributed by atoms with Crippen molar-refractivity contribution in [2.75, 3.05) is 0 Å². The number of Topliss-reactive ketones (excluding diaryl/α,β-unsaturated/α-hetero) is 1. The van der Waals surface area contributed by atoms with Crippen LogP contribution in [-0.4, -0.2) is 11.9 Å². The first kappa shape index (κ1) is 13.5. The molecule has 1 aromatic carbocycles. The Morgan fingerprint density at radius 3 is 2.24 bits per heavy atom. The number of hydrogen-bond acceptors (Lipinski definition) is 2. The molecule has 2 nitrogen and oxygen atoms in total. The van der Waals surface area contributed by atoms with Gasteiger partial charge in [0, 0.05) is 5.56 Å². The number of hydrogen-bond donors (Lipinski definition) is 0. The first-order chi connectivity index (χ1) is 7.70. The van der Waals surface area contributed by atoms with Crippen LogP contribution in [0.4, 0.5) is 13.2 Å². The van der Waals surface area contributed by atoms with Crippen molar-refractivity contribution < 1.29 is 22.7 Å². The number of carbonyl (C=O) groups is 1. The van der Waals surface area contributed by atoms with Gasteiger partial charge in [0.05, 0.1) is 11.7 Å². The third-order valence-electron chi connectivity index (χ3n) is 2.01. The normalized spacial score (nSPS) is 11.7. The molecule has 0 radical (unpaired) electrons. The zero-order chi connectivity index (χ0) is 13.2. The van der Waals surface area contributed by atoms with Gasteiger partial charge >= 0.3 is 6.18 Å². The maximum atomic E-state index is 12.6. The minimum absolute atomic E-state index is 0.00419. The van der Waals surface area contributed by atoms with Crippen molar-refractivity contribution in [3.05, 3.63) is 29.3 Å². The van der Waals surface area contributed by atoms with Crippen molar-refractivity contribution >= 4 is 5.78 Å². The molecule has 1 rings (SSSR count). The summed E-state index contributed by atoms with van der Waals surface area (Å²) in [5, 5.41) is 0. The van der Waals surface area contributed by atoms with E-state index in [1.165, 1.54) is 13.0 Å². The molecule has 0 bridgehead atoms. The van der Waals surface area contributed by atoms with Crippen LogP contribution in [0.1, 0.15) is 36.7 Å². The Kier molecular flexibility index (Phi) is 3.80. The number of ether oxygens (including phenoxy) is 1. The summed E-state index contributed by atoms with van der Waals surface area (Å²) < 4.78 is 42.9. The second kappa shape index (κ2) is 4.77. The average Bonchev–Trinajstić information content (AvgIpc) is 2.14. The largest absolute Gasteiger partial charge is 0.491 e. The maximum absolute atomic E-state index is 12.6. The number of rotatable bonds is 3. The van der Waals surface area contributed by atoms with E-state index in [0.29, 0.717) is 0 Å². The second-order valence-corrected chi connectivity index (χ2v) is 3.97. The van der Waals surface area contributed by atoms with E-state index in [9.17, 15) is 18.0 Å². The van der Waals surface area contributed by atoms with E-state index in [4.69, 9.17) is 4.74 Å². The molecule has 0 heterocycles. The number of carbonyl (C=O) groups excluding carboxylic acids is 1. The maximum Gasteiger partial charge on any atom is 0.416 e. The fourth-order valence-electron chi connectivity index (χ4n) is 1.31. The van der Waals surface area contributed by atoms with Crippen LogP contribution >= 0.6 is 0 Å². The van der Waals surface area contributed by atoms with Crippen LogP contribution in [0.15, 0.2) is 18.2 Å². The third kappa shape index (κ3) is 3.76. The number of halogens is 3. The SMILES string of the molecule is CC(=O)c1cc(OC(C)C)cc(C(F)(F)F)c1. The van der Waals surface area contributed by atoms with E-state index in [-0.39, 0.29) is 17.4 Å². The molecule has 0 aromatic heterocycles. The lowest BCUT2D eigenvalue weighted by Crippen LogP contribution is -2.10. The zero-order valence-electron chi connectivity index (χ0n) is 9.76. The number of benzene rings is 1. The van der Waals surface area contributed by atoms with Gasteiger partial charge in [-0.2, -0.15) is 13.2 Å². The summed E-state index contributed by atoms with van der Waals surface area (Å²) in [6.45, 7) is 4.62. The van der Waals surface area contributed by atoms with Crippen molar-refractivity contribution in [2.45, 2.75) is 33.1 Å². The summed E-state index contributed by atoms with van der Waals surface area (Å²) >= 11 is 0. The smallest absolute Gasteiger partial charge is 0.416 e. The molecule has 0 aliphatic heterocycles. The summed E-state index contributed by atoms with van der Waals surface area (Å²) in [4.78, 5) is 11.1. The zero-order valence-corrected chi connectivity index (χ0v) is 9.76. The van der Waals surface area contributed by atoms with Crippen LogP contribution in [0.3, 0.4) is 0 Å². The Labute approximate surface area is 97.4 Å². The lowest BCUT2D eigenvalue weighted by Gasteiger charge is -2.14. The molecule has 0 aliphatic rings. The minimum Gasteiger partial charge on any atom is -0.491 e. The second-order valence-electron chi connectivity index (χ2n) is 3.97. The Morgan fingerprint density at radius 1 is 1.24 bits per heavy atom. The monoisotopic (exact) mass is 246 g/mol. The lowest BCUT2D eigenvalue weighted by molar-refractivity contribution is -0.137. The van der Waals surface area contributed by atoms with Gasteiger partial charge in [0.15, 0.2) is 5.78 Å². The Hall–Kier alpha value is -1.52. The van der Waals surface area contributed by atoms with Crippen molar-refractivity contribution in [2.24, 2.45) is 0 Å². The highest BCUT2D eigenvalue weighted by molar-refractivity contribution is 5.94. The molecule has 94 valence electrons. The summed E-state index contributed by atoms with van der Waals surface area (Å²) in [6.07, 6.45) is -4.74. The predicted molar refractivity (Wildman–Crippen MR) is 57.2 cm³/mol. The molecule has 0 spiro atoms. The van der Waals surface area contributed by atoms with Gasteiger partial charge in [-0.3, -0.25) is 4.79 Å². The van der Waals surface area contributed by atoms with E-state index < -0.39 is 17.5 Å². The van der Waals surface area contributed by atoms with Gasteiger partial charge < -0.3 is 4.74 Å². The van der Waals surface area contributed by atoms with Crippen LogP contribution in [0.5, 0.6) is 5.75 Å². The van der Waals surface area contributed by atoms with Crippen LogP contribution < -0.4 is 4.74 Å². The highest BCUT2D eigenvalue weighted by Crippen LogP contribution is 2.33. The molecular formula is C12H13F3O2. The first-order valence-corrected chi connectivity index (χ1v) is 5.10. The first-order valence-electron chi connectivity index (χ1n) is 5.10. The van der Waals surface area contributed by atoms with Crippen molar-refractivity contribution in [1.82, 2.24) is 0 Å². The fraction of sp³-hybridized carbons (Fsp3) is 0.417. The molecule has 0 saturated heterocycles. The van der Waals surface area contributed by atoms with E-state index >= 15 is 0 Å². The number of ketones is 1. The van der Waals surface area contributed by atoms with Gasteiger partial charge in [-0.15, -0.1) is 0 Å².